The van der Waals surface area contributed by atoms with E-state index < -0.39 is 67.7 Å². The number of carbonyl (C=O) groups is 1. The zero-order valence-electron chi connectivity index (χ0n) is 14.4. The van der Waals surface area contributed by atoms with Crippen LogP contribution >= 0.6 is 23.2 Å². The van der Waals surface area contributed by atoms with Crippen molar-refractivity contribution in [3.8, 4) is 0 Å². The van der Waals surface area contributed by atoms with E-state index in [0.717, 1.165) is 12.1 Å². The molecule has 2 aromatic rings. The molecule has 0 atom stereocenters. The van der Waals surface area contributed by atoms with Crippen molar-refractivity contribution in [1.29, 1.82) is 0 Å². The highest BCUT2D eigenvalue weighted by molar-refractivity contribution is 6.35. The summed E-state index contributed by atoms with van der Waals surface area (Å²) in [6.07, 6.45) is 0.564. The number of carbonyl (C=O) groups excluding carboxylic acids is 1. The van der Waals surface area contributed by atoms with Gasteiger partial charge in [0.1, 0.15) is 22.2 Å². The number of rotatable bonds is 5. The molecule has 154 valence electrons. The Bertz CT molecular complexity index is 1010. The smallest absolute Gasteiger partial charge is 0.343 e. The highest BCUT2D eigenvalue weighted by Gasteiger charge is 2.28. The van der Waals surface area contributed by atoms with Crippen LogP contribution in [0.15, 0.2) is 28.8 Å². The zero-order valence-corrected chi connectivity index (χ0v) is 15.9. The summed E-state index contributed by atoms with van der Waals surface area (Å²) in [5, 5.41) is 7.81. The molecule has 0 spiro atoms. The number of esters is 1. The molecule has 0 aliphatic rings. The lowest BCUT2D eigenvalue weighted by Gasteiger charge is -2.11. The van der Waals surface area contributed by atoms with Gasteiger partial charge in [-0.3, -0.25) is 4.99 Å². The first kappa shape index (κ1) is 22.6. The lowest BCUT2D eigenvalue weighted by Crippen LogP contribution is -2.12. The molecule has 0 radical (unpaired) electrons. The average Bonchev–Trinajstić information content (AvgIpc) is 2.67. The molecule has 1 N–H and O–H groups in total. The van der Waals surface area contributed by atoms with E-state index >= 15 is 0 Å². The van der Waals surface area contributed by atoms with Gasteiger partial charge >= 0.3 is 5.97 Å². The van der Waals surface area contributed by atoms with Gasteiger partial charge in [0.2, 0.25) is 0 Å². The second kappa shape index (κ2) is 9.23. The van der Waals surface area contributed by atoms with Crippen molar-refractivity contribution < 1.29 is 36.6 Å². The fourth-order valence-electron chi connectivity index (χ4n) is 2.09. The van der Waals surface area contributed by atoms with Crippen molar-refractivity contribution in [3.05, 3.63) is 68.5 Å². The van der Waals surface area contributed by atoms with E-state index in [2.05, 4.69) is 9.73 Å². The highest BCUT2D eigenvalue weighted by Crippen LogP contribution is 2.36. The minimum Gasteiger partial charge on any atom is -0.506 e. The largest absolute Gasteiger partial charge is 0.506 e. The number of hydrogen-bond donors (Lipinski definition) is 1. The van der Waals surface area contributed by atoms with Gasteiger partial charge in [0.05, 0.1) is 22.9 Å². The predicted octanol–water partition coefficient (Wildman–Crippen LogP) is 5.92. The van der Waals surface area contributed by atoms with Crippen LogP contribution in [0.1, 0.15) is 12.5 Å². The summed E-state index contributed by atoms with van der Waals surface area (Å²) in [4.78, 5) is 15.7. The Kier molecular flexibility index (Phi) is 7.21. The first-order chi connectivity index (χ1) is 13.6. The van der Waals surface area contributed by atoms with Crippen LogP contribution in [0.5, 0.6) is 0 Å². The van der Waals surface area contributed by atoms with Gasteiger partial charge in [0, 0.05) is 12.3 Å². The van der Waals surface area contributed by atoms with Crippen molar-refractivity contribution in [1.82, 2.24) is 0 Å². The molecule has 0 unspecified atom stereocenters. The molecule has 0 bridgehead atoms. The molecule has 0 aliphatic heterocycles. The predicted molar refractivity (Wildman–Crippen MR) is 97.0 cm³/mol. The van der Waals surface area contributed by atoms with Crippen molar-refractivity contribution in [2.45, 2.75) is 6.92 Å². The lowest BCUT2D eigenvalue weighted by molar-refractivity contribution is -0.137. The Hall–Kier alpha value is -2.65. The van der Waals surface area contributed by atoms with Gasteiger partial charge in [-0.2, -0.15) is 0 Å². The first-order valence-corrected chi connectivity index (χ1v) is 8.46. The van der Waals surface area contributed by atoms with Crippen molar-refractivity contribution in [2.75, 3.05) is 6.61 Å². The number of aliphatic hydroxyl groups excluding tert-OH is 1. The second-order valence-corrected chi connectivity index (χ2v) is 6.04. The SMILES string of the molecule is CCOC(=O)C(C=Nc1ccc(F)cc1F)=C(O)c1c(F)c(Cl)c(F)c(F)c1Cl. The fourth-order valence-corrected chi connectivity index (χ4v) is 2.52. The Balaban J connectivity index is 2.70. The van der Waals surface area contributed by atoms with Crippen LogP contribution < -0.4 is 0 Å². The molecule has 11 heteroatoms. The molecule has 4 nitrogen and oxygen atoms in total. The van der Waals surface area contributed by atoms with Gasteiger partial charge in [-0.25, -0.2) is 26.7 Å². The third-order valence-corrected chi connectivity index (χ3v) is 4.13. The lowest BCUT2D eigenvalue weighted by atomic mass is 10.1. The molecular formula is C18H10Cl2F5NO3. The average molecular weight is 454 g/mol. The number of ether oxygens (including phenoxy) is 1. The quantitative estimate of drug-likeness (QED) is 0.116. The maximum atomic E-state index is 14.3. The molecule has 2 rings (SSSR count). The van der Waals surface area contributed by atoms with Crippen LogP contribution in [-0.4, -0.2) is 23.9 Å². The number of aliphatic imine (C=N–C) groups is 1. The van der Waals surface area contributed by atoms with Crippen LogP contribution in [0.2, 0.25) is 10.0 Å². The van der Waals surface area contributed by atoms with E-state index in [9.17, 15) is 31.9 Å². The standard InChI is InChI=1S/C18H10Cl2F5NO3/c1-2-29-18(28)8(6-26-10-4-3-7(21)5-9(10)22)17(27)11-12(19)15(24)16(25)13(20)14(11)23/h3-6,27H,2H2,1H3. The maximum Gasteiger partial charge on any atom is 0.343 e. The van der Waals surface area contributed by atoms with E-state index in [1.807, 2.05) is 0 Å². The molecule has 0 saturated carbocycles. The monoisotopic (exact) mass is 453 g/mol. The van der Waals surface area contributed by atoms with Crippen LogP contribution in [0, 0.1) is 29.1 Å². The minimum absolute atomic E-state index is 0.191. The van der Waals surface area contributed by atoms with Crippen molar-refractivity contribution in [3.63, 3.8) is 0 Å². The Labute approximate surface area is 170 Å². The van der Waals surface area contributed by atoms with E-state index in [-0.39, 0.29) is 6.61 Å². The topological polar surface area (TPSA) is 58.9 Å². The van der Waals surface area contributed by atoms with Gasteiger partial charge in [-0.1, -0.05) is 23.2 Å². The van der Waals surface area contributed by atoms with E-state index in [1.165, 1.54) is 6.92 Å². The Morgan fingerprint density at radius 1 is 1.10 bits per heavy atom. The molecule has 0 amide bonds. The van der Waals surface area contributed by atoms with Crippen molar-refractivity contribution in [2.24, 2.45) is 4.99 Å². The molecule has 0 saturated heterocycles. The van der Waals surface area contributed by atoms with Crippen LogP contribution in [0.25, 0.3) is 5.76 Å². The van der Waals surface area contributed by atoms with Crippen LogP contribution in [0.3, 0.4) is 0 Å². The summed E-state index contributed by atoms with van der Waals surface area (Å²) in [5.74, 6) is -9.79. The van der Waals surface area contributed by atoms with Crippen molar-refractivity contribution >= 4 is 46.8 Å². The minimum atomic E-state index is -1.80. The zero-order chi connectivity index (χ0) is 21.9. The fraction of sp³-hybridized carbons (Fsp3) is 0.111. The van der Waals surface area contributed by atoms with E-state index in [4.69, 9.17) is 23.2 Å². The van der Waals surface area contributed by atoms with Crippen LogP contribution in [0.4, 0.5) is 27.6 Å². The second-order valence-electron chi connectivity index (χ2n) is 5.28. The first-order valence-electron chi connectivity index (χ1n) is 7.71. The number of aliphatic hydroxyl groups is 1. The molecule has 0 aromatic heterocycles. The number of hydrogen-bond acceptors (Lipinski definition) is 4. The third kappa shape index (κ3) is 4.68. The normalized spacial score (nSPS) is 12.3. The highest BCUT2D eigenvalue weighted by atomic mass is 35.5. The van der Waals surface area contributed by atoms with Gasteiger partial charge in [0.15, 0.2) is 23.3 Å². The Morgan fingerprint density at radius 3 is 2.31 bits per heavy atom. The summed E-state index contributed by atoms with van der Waals surface area (Å²) in [6.45, 7) is 1.22. The van der Waals surface area contributed by atoms with Gasteiger partial charge in [-0.05, 0) is 19.1 Å². The summed E-state index contributed by atoms with van der Waals surface area (Å²) in [7, 11) is 0. The summed E-state index contributed by atoms with van der Waals surface area (Å²) in [5.41, 5.74) is -2.46. The molecule has 0 fully saturated rings. The van der Waals surface area contributed by atoms with Crippen LogP contribution in [-0.2, 0) is 9.53 Å². The molecule has 0 aliphatic carbocycles. The number of nitrogens with zero attached hydrogens (tertiary/aromatic N) is 1. The van der Waals surface area contributed by atoms with E-state index in [1.54, 1.807) is 0 Å². The molecule has 2 aromatic carbocycles. The maximum absolute atomic E-state index is 14.3. The van der Waals surface area contributed by atoms with Gasteiger partial charge < -0.3 is 9.84 Å². The summed E-state index contributed by atoms with van der Waals surface area (Å²) < 4.78 is 73.0. The Morgan fingerprint density at radius 2 is 1.72 bits per heavy atom. The third-order valence-electron chi connectivity index (χ3n) is 3.44. The van der Waals surface area contributed by atoms with Gasteiger partial charge in [0.25, 0.3) is 0 Å². The number of benzene rings is 2. The molecular weight excluding hydrogens is 444 g/mol. The van der Waals surface area contributed by atoms with Gasteiger partial charge in [-0.15, -0.1) is 0 Å². The summed E-state index contributed by atoms with van der Waals surface area (Å²) in [6, 6.07) is 2.30. The summed E-state index contributed by atoms with van der Waals surface area (Å²) >= 11 is 10.9. The van der Waals surface area contributed by atoms with E-state index in [0.29, 0.717) is 12.3 Å². The molecule has 29 heavy (non-hydrogen) atoms. The molecule has 0 heterocycles. The number of halogens is 7.